The molecule has 1 aliphatic heterocycles. The van der Waals surface area contributed by atoms with Crippen molar-refractivity contribution in [3.63, 3.8) is 0 Å². The number of hydrogen-bond donors (Lipinski definition) is 3. The molecule has 1 aromatic carbocycles. The number of halogens is 2. The molecular weight excluding hydrogens is 479 g/mol. The number of nitrogens with two attached hydrogens (primary N) is 1. The Morgan fingerprint density at radius 2 is 1.91 bits per heavy atom. The number of ether oxygens (including phenoxy) is 1. The molecule has 3 aromatic rings. The zero-order valence-corrected chi connectivity index (χ0v) is 19.8. The number of rotatable bonds is 5. The van der Waals surface area contributed by atoms with Gasteiger partial charge in [0.15, 0.2) is 0 Å². The summed E-state index contributed by atoms with van der Waals surface area (Å²) in [6.07, 6.45) is 9.07. The Balaban J connectivity index is 0.000000486. The minimum absolute atomic E-state index is 0.164. The largest absolute Gasteiger partial charge is 0.490 e. The number of anilines is 2. The molecule has 3 heterocycles. The summed E-state index contributed by atoms with van der Waals surface area (Å²) in [6, 6.07) is 6.41. The lowest BCUT2D eigenvalue weighted by Crippen LogP contribution is -2.31. The number of hydrogen-bond acceptors (Lipinski definition) is 7. The smallest absolute Gasteiger partial charge is 0.273 e. The topological polar surface area (TPSA) is 124 Å². The average molecular weight is 503 g/mol. The van der Waals surface area contributed by atoms with E-state index in [0.717, 1.165) is 17.4 Å². The predicted molar refractivity (Wildman–Crippen MR) is 132 cm³/mol. The Bertz CT molecular complexity index is 1200. The van der Waals surface area contributed by atoms with Crippen molar-refractivity contribution >= 4 is 40.6 Å². The highest BCUT2D eigenvalue weighted by molar-refractivity contribution is 6.38. The molecule has 1 aliphatic carbocycles. The molecule has 34 heavy (non-hydrogen) atoms. The van der Waals surface area contributed by atoms with E-state index >= 15 is 0 Å². The van der Waals surface area contributed by atoms with Crippen LogP contribution in [0.4, 0.5) is 11.5 Å². The molecule has 178 valence electrons. The number of nitrogen functional groups attached to an aromatic ring is 1. The fourth-order valence-corrected chi connectivity index (χ4v) is 3.96. The molecule has 0 spiro atoms. The summed E-state index contributed by atoms with van der Waals surface area (Å²) >= 11 is 12.7. The van der Waals surface area contributed by atoms with Crippen LogP contribution in [-0.4, -0.2) is 39.6 Å². The molecule has 9 nitrogen and oxygen atoms in total. The molecule has 5 rings (SSSR count). The van der Waals surface area contributed by atoms with Gasteiger partial charge in [-0.1, -0.05) is 23.2 Å². The molecule has 2 fully saturated rings. The summed E-state index contributed by atoms with van der Waals surface area (Å²) in [5.74, 6) is -0.422. The van der Waals surface area contributed by atoms with Crippen LogP contribution >= 0.6 is 23.2 Å². The summed E-state index contributed by atoms with van der Waals surface area (Å²) in [6.45, 7) is 2.50. The number of nitrogens with one attached hydrogen (secondary N) is 2. The van der Waals surface area contributed by atoms with Gasteiger partial charge in [0.1, 0.15) is 23.5 Å². The zero-order valence-electron chi connectivity index (χ0n) is 18.3. The van der Waals surface area contributed by atoms with Crippen LogP contribution in [-0.2, 0) is 0 Å². The van der Waals surface area contributed by atoms with E-state index in [0.29, 0.717) is 11.4 Å². The van der Waals surface area contributed by atoms with Crippen molar-refractivity contribution in [2.45, 2.75) is 31.8 Å². The van der Waals surface area contributed by atoms with E-state index in [1.54, 1.807) is 30.5 Å². The van der Waals surface area contributed by atoms with E-state index in [4.69, 9.17) is 33.7 Å². The van der Waals surface area contributed by atoms with Gasteiger partial charge in [-0.15, -0.1) is 0 Å². The summed E-state index contributed by atoms with van der Waals surface area (Å²) in [4.78, 5) is 33.5. The molecule has 2 aromatic heterocycles. The Morgan fingerprint density at radius 1 is 1.21 bits per heavy atom. The van der Waals surface area contributed by atoms with E-state index < -0.39 is 11.5 Å². The van der Waals surface area contributed by atoms with Crippen molar-refractivity contribution in [3.8, 4) is 11.4 Å². The number of aromatic nitrogens is 3. The van der Waals surface area contributed by atoms with Crippen molar-refractivity contribution < 1.29 is 9.53 Å². The van der Waals surface area contributed by atoms with Crippen LogP contribution < -0.4 is 26.7 Å². The third-order valence-corrected chi connectivity index (χ3v) is 5.74. The van der Waals surface area contributed by atoms with Crippen LogP contribution in [0.1, 0.15) is 36.0 Å². The summed E-state index contributed by atoms with van der Waals surface area (Å²) in [5.41, 5.74) is 5.35. The van der Waals surface area contributed by atoms with Gasteiger partial charge in [-0.2, -0.15) is 0 Å². The zero-order chi connectivity index (χ0) is 24.1. The van der Waals surface area contributed by atoms with Crippen molar-refractivity contribution in [3.05, 3.63) is 68.9 Å². The number of nitrogens with zero attached hydrogens (tertiary/aromatic N) is 3. The summed E-state index contributed by atoms with van der Waals surface area (Å²) in [5, 5.41) is 6.15. The molecule has 0 bridgehead atoms. The molecule has 0 atom stereocenters. The molecule has 2 aliphatic rings. The number of carbonyl (C=O) groups is 1. The minimum Gasteiger partial charge on any atom is -0.490 e. The standard InChI is InChI=1S/C19H15Cl2N5O3.C4H9N/c20-13-6-12(29-11-3-4-11)7-14(21)16(13)26-9-24-17(22)15(19(26)28)18(27)25-10-2-1-5-23-8-10;1-2-4-5-3-1/h1-2,5-9,11H,3-4,22H2,(H,25,27);5H,1-4H2. The summed E-state index contributed by atoms with van der Waals surface area (Å²) in [7, 11) is 0. The molecule has 1 amide bonds. The highest BCUT2D eigenvalue weighted by Gasteiger charge is 2.25. The Labute approximate surface area is 206 Å². The van der Waals surface area contributed by atoms with Gasteiger partial charge in [0, 0.05) is 18.3 Å². The van der Waals surface area contributed by atoms with E-state index in [2.05, 4.69) is 20.6 Å². The molecule has 4 N–H and O–H groups in total. The van der Waals surface area contributed by atoms with Gasteiger partial charge < -0.3 is 21.1 Å². The van der Waals surface area contributed by atoms with Crippen LogP contribution in [0.3, 0.4) is 0 Å². The van der Waals surface area contributed by atoms with Gasteiger partial charge in [0.25, 0.3) is 11.5 Å². The molecule has 0 unspecified atom stereocenters. The Kier molecular flexibility index (Phi) is 7.66. The van der Waals surface area contributed by atoms with Gasteiger partial charge in [-0.05, 0) is 50.9 Å². The highest BCUT2D eigenvalue weighted by atomic mass is 35.5. The first-order chi connectivity index (χ1) is 16.4. The van der Waals surface area contributed by atoms with Crippen LogP contribution in [0.5, 0.6) is 5.75 Å². The van der Waals surface area contributed by atoms with Crippen LogP contribution in [0, 0.1) is 0 Å². The van der Waals surface area contributed by atoms with Gasteiger partial charge >= 0.3 is 0 Å². The van der Waals surface area contributed by atoms with Crippen molar-refractivity contribution in [1.29, 1.82) is 0 Å². The maximum atomic E-state index is 13.0. The Morgan fingerprint density at radius 3 is 2.47 bits per heavy atom. The van der Waals surface area contributed by atoms with Crippen LogP contribution in [0.25, 0.3) is 5.69 Å². The molecule has 1 saturated heterocycles. The number of amides is 1. The number of benzene rings is 1. The highest BCUT2D eigenvalue weighted by Crippen LogP contribution is 2.35. The number of pyridine rings is 1. The average Bonchev–Trinajstić information content (AvgIpc) is 3.40. The Hall–Kier alpha value is -3.14. The second-order valence-corrected chi connectivity index (χ2v) is 8.70. The van der Waals surface area contributed by atoms with Gasteiger partial charge in [0.2, 0.25) is 0 Å². The van der Waals surface area contributed by atoms with Crippen molar-refractivity contribution in [1.82, 2.24) is 19.9 Å². The van der Waals surface area contributed by atoms with Crippen LogP contribution in [0.2, 0.25) is 10.0 Å². The van der Waals surface area contributed by atoms with Gasteiger partial charge in [-0.3, -0.25) is 19.1 Å². The van der Waals surface area contributed by atoms with E-state index in [1.807, 2.05) is 0 Å². The van der Waals surface area contributed by atoms with E-state index in [9.17, 15) is 9.59 Å². The lowest BCUT2D eigenvalue weighted by Gasteiger charge is -2.14. The lowest BCUT2D eigenvalue weighted by atomic mass is 10.2. The second kappa shape index (κ2) is 10.9. The first kappa shape index (κ1) is 24.0. The fraction of sp³-hybridized carbons (Fsp3) is 0.304. The minimum atomic E-state index is -0.719. The van der Waals surface area contributed by atoms with Gasteiger partial charge in [0.05, 0.1) is 33.7 Å². The van der Waals surface area contributed by atoms with E-state index in [1.165, 1.54) is 38.5 Å². The third-order valence-electron chi connectivity index (χ3n) is 5.16. The molecule has 11 heteroatoms. The predicted octanol–water partition coefficient (Wildman–Crippen LogP) is 3.68. The lowest BCUT2D eigenvalue weighted by molar-refractivity contribution is 0.102. The normalized spacial score (nSPS) is 14.8. The van der Waals surface area contributed by atoms with E-state index in [-0.39, 0.29) is 33.2 Å². The monoisotopic (exact) mass is 502 g/mol. The SMILES string of the molecule is C1CCNC1.Nc1ncn(-c2c(Cl)cc(OC3CC3)cc2Cl)c(=O)c1C(=O)Nc1cccnc1. The molecule has 1 saturated carbocycles. The number of carbonyl (C=O) groups excluding carboxylic acids is 1. The first-order valence-corrected chi connectivity index (χ1v) is 11.6. The fourth-order valence-electron chi connectivity index (χ4n) is 3.31. The van der Waals surface area contributed by atoms with Gasteiger partial charge in [-0.25, -0.2) is 4.98 Å². The summed E-state index contributed by atoms with van der Waals surface area (Å²) < 4.78 is 6.78. The molecular formula is C23H24Cl2N6O3. The maximum Gasteiger partial charge on any atom is 0.273 e. The van der Waals surface area contributed by atoms with Crippen molar-refractivity contribution in [2.24, 2.45) is 0 Å². The maximum absolute atomic E-state index is 13.0. The molecule has 0 radical (unpaired) electrons. The second-order valence-electron chi connectivity index (χ2n) is 7.89. The quantitative estimate of drug-likeness (QED) is 0.485. The third kappa shape index (κ3) is 5.85. The van der Waals surface area contributed by atoms with Crippen molar-refractivity contribution in [2.75, 3.05) is 24.1 Å². The van der Waals surface area contributed by atoms with Crippen LogP contribution in [0.15, 0.2) is 47.8 Å². The first-order valence-electron chi connectivity index (χ1n) is 10.9.